The van der Waals surface area contributed by atoms with Gasteiger partial charge < -0.3 is 15.2 Å². The Morgan fingerprint density at radius 3 is 2.62 bits per heavy atom. The zero-order valence-electron chi connectivity index (χ0n) is 12.1. The highest BCUT2D eigenvalue weighted by Gasteiger charge is 2.20. The van der Waals surface area contributed by atoms with Gasteiger partial charge in [0.25, 0.3) is 5.91 Å². The fourth-order valence-electron chi connectivity index (χ4n) is 1.62. The quantitative estimate of drug-likeness (QED) is 0.768. The van der Waals surface area contributed by atoms with Crippen molar-refractivity contribution in [3.05, 3.63) is 29.6 Å². The molecule has 2 atom stereocenters. The van der Waals surface area contributed by atoms with Crippen molar-refractivity contribution in [2.75, 3.05) is 6.54 Å². The second kappa shape index (κ2) is 7.58. The standard InChI is InChI=1S/C14H19FN2O4/c1-4-16-14(20)17-13(19)9(3)21-12-7-10(15)5-6-11(12)8(2)18/h5-9,18H,4H2,1-3H3,(H2,16,17,19,20). The lowest BCUT2D eigenvalue weighted by Gasteiger charge is -2.18. The van der Waals surface area contributed by atoms with E-state index in [2.05, 4.69) is 10.6 Å². The Morgan fingerprint density at radius 1 is 1.38 bits per heavy atom. The summed E-state index contributed by atoms with van der Waals surface area (Å²) in [5.41, 5.74) is 0.356. The normalized spacial score (nSPS) is 13.2. The molecular formula is C14H19FN2O4. The molecule has 21 heavy (non-hydrogen) atoms. The molecule has 0 heterocycles. The van der Waals surface area contributed by atoms with E-state index >= 15 is 0 Å². The molecule has 3 amide bonds. The van der Waals surface area contributed by atoms with Crippen LogP contribution < -0.4 is 15.4 Å². The summed E-state index contributed by atoms with van der Waals surface area (Å²) < 4.78 is 18.6. The zero-order valence-corrected chi connectivity index (χ0v) is 12.1. The van der Waals surface area contributed by atoms with Gasteiger partial charge in [-0.05, 0) is 32.9 Å². The van der Waals surface area contributed by atoms with Crippen molar-refractivity contribution >= 4 is 11.9 Å². The predicted octanol–water partition coefficient (Wildman–Crippen LogP) is 1.49. The van der Waals surface area contributed by atoms with Crippen LogP contribution in [0.5, 0.6) is 5.75 Å². The first kappa shape index (κ1) is 16.9. The molecule has 1 aromatic carbocycles. The minimum Gasteiger partial charge on any atom is -0.480 e. The molecule has 116 valence electrons. The maximum atomic E-state index is 13.2. The molecule has 0 spiro atoms. The first-order chi connectivity index (χ1) is 9.85. The Morgan fingerprint density at radius 2 is 2.05 bits per heavy atom. The number of rotatable bonds is 5. The maximum absolute atomic E-state index is 13.2. The number of carbonyl (C=O) groups is 2. The van der Waals surface area contributed by atoms with Crippen LogP contribution >= 0.6 is 0 Å². The number of urea groups is 1. The van der Waals surface area contributed by atoms with Gasteiger partial charge in [0.2, 0.25) is 0 Å². The first-order valence-corrected chi connectivity index (χ1v) is 6.58. The predicted molar refractivity (Wildman–Crippen MR) is 74.3 cm³/mol. The molecule has 0 saturated carbocycles. The molecule has 7 heteroatoms. The van der Waals surface area contributed by atoms with E-state index in [0.717, 1.165) is 6.07 Å². The van der Waals surface area contributed by atoms with Crippen molar-refractivity contribution < 1.29 is 23.8 Å². The van der Waals surface area contributed by atoms with Gasteiger partial charge in [-0.1, -0.05) is 0 Å². The fourth-order valence-corrected chi connectivity index (χ4v) is 1.62. The van der Waals surface area contributed by atoms with Crippen LogP contribution in [0.15, 0.2) is 18.2 Å². The summed E-state index contributed by atoms with van der Waals surface area (Å²) in [6.07, 6.45) is -1.90. The molecule has 0 fully saturated rings. The number of benzene rings is 1. The minimum absolute atomic E-state index is 0.0588. The monoisotopic (exact) mass is 298 g/mol. The molecule has 0 radical (unpaired) electrons. The number of aliphatic hydroxyl groups is 1. The fraction of sp³-hybridized carbons (Fsp3) is 0.429. The topological polar surface area (TPSA) is 87.7 Å². The van der Waals surface area contributed by atoms with Crippen molar-refractivity contribution in [2.45, 2.75) is 33.0 Å². The molecule has 0 aromatic heterocycles. The molecule has 2 unspecified atom stereocenters. The Balaban J connectivity index is 2.78. The van der Waals surface area contributed by atoms with E-state index in [4.69, 9.17) is 4.74 Å². The number of hydrogen-bond donors (Lipinski definition) is 3. The van der Waals surface area contributed by atoms with E-state index in [1.54, 1.807) is 6.92 Å². The lowest BCUT2D eigenvalue weighted by molar-refractivity contribution is -0.126. The van der Waals surface area contributed by atoms with Crippen LogP contribution in [-0.4, -0.2) is 29.7 Å². The Labute approximate surface area is 122 Å². The van der Waals surface area contributed by atoms with Crippen LogP contribution in [-0.2, 0) is 4.79 Å². The van der Waals surface area contributed by atoms with Crippen molar-refractivity contribution in [1.82, 2.24) is 10.6 Å². The lowest BCUT2D eigenvalue weighted by atomic mass is 10.1. The number of nitrogens with one attached hydrogen (secondary N) is 2. The summed E-state index contributed by atoms with van der Waals surface area (Å²) >= 11 is 0. The van der Waals surface area contributed by atoms with E-state index < -0.39 is 30.0 Å². The average Bonchev–Trinajstić information content (AvgIpc) is 2.38. The Bertz CT molecular complexity index is 520. The van der Waals surface area contributed by atoms with Crippen LogP contribution in [0, 0.1) is 5.82 Å². The molecule has 0 bridgehead atoms. The summed E-state index contributed by atoms with van der Waals surface area (Å²) in [5, 5.41) is 14.1. The van der Waals surface area contributed by atoms with Gasteiger partial charge in [-0.15, -0.1) is 0 Å². The van der Waals surface area contributed by atoms with Crippen LogP contribution in [0.3, 0.4) is 0 Å². The van der Waals surface area contributed by atoms with E-state index in [0.29, 0.717) is 12.1 Å². The highest BCUT2D eigenvalue weighted by molar-refractivity contribution is 5.96. The highest BCUT2D eigenvalue weighted by atomic mass is 19.1. The number of imide groups is 1. The summed E-state index contributed by atoms with van der Waals surface area (Å²) in [5.74, 6) is -1.16. The number of halogens is 1. The van der Waals surface area contributed by atoms with Crippen molar-refractivity contribution in [3.8, 4) is 5.75 Å². The summed E-state index contributed by atoms with van der Waals surface area (Å²) in [6, 6.07) is 3.02. The SMILES string of the molecule is CCNC(=O)NC(=O)C(C)Oc1cc(F)ccc1C(C)O. The van der Waals surface area contributed by atoms with Gasteiger partial charge in [0.15, 0.2) is 6.10 Å². The molecule has 0 aliphatic carbocycles. The molecule has 0 aliphatic heterocycles. The third kappa shape index (κ3) is 5.03. The third-order valence-electron chi connectivity index (χ3n) is 2.67. The van der Waals surface area contributed by atoms with Gasteiger partial charge in [0.1, 0.15) is 11.6 Å². The van der Waals surface area contributed by atoms with Gasteiger partial charge in [-0.25, -0.2) is 9.18 Å². The van der Waals surface area contributed by atoms with E-state index in [1.165, 1.54) is 26.0 Å². The van der Waals surface area contributed by atoms with Gasteiger partial charge in [0.05, 0.1) is 6.10 Å². The maximum Gasteiger partial charge on any atom is 0.321 e. The largest absolute Gasteiger partial charge is 0.480 e. The van der Waals surface area contributed by atoms with Crippen molar-refractivity contribution in [2.24, 2.45) is 0 Å². The number of hydrogen-bond acceptors (Lipinski definition) is 4. The first-order valence-electron chi connectivity index (χ1n) is 6.58. The summed E-state index contributed by atoms with van der Waals surface area (Å²) in [7, 11) is 0. The summed E-state index contributed by atoms with van der Waals surface area (Å²) in [4.78, 5) is 23.0. The molecule has 0 aliphatic rings. The minimum atomic E-state index is -1.02. The number of amides is 3. The van der Waals surface area contributed by atoms with E-state index in [1.807, 2.05) is 0 Å². The van der Waals surface area contributed by atoms with E-state index in [-0.39, 0.29) is 5.75 Å². The number of ether oxygens (including phenoxy) is 1. The van der Waals surface area contributed by atoms with Gasteiger partial charge >= 0.3 is 6.03 Å². The second-order valence-electron chi connectivity index (χ2n) is 4.47. The van der Waals surface area contributed by atoms with Crippen LogP contribution in [0.25, 0.3) is 0 Å². The van der Waals surface area contributed by atoms with Crippen molar-refractivity contribution in [3.63, 3.8) is 0 Å². The van der Waals surface area contributed by atoms with Gasteiger partial charge in [-0.2, -0.15) is 0 Å². The van der Waals surface area contributed by atoms with Gasteiger partial charge in [0, 0.05) is 18.2 Å². The van der Waals surface area contributed by atoms with Gasteiger partial charge in [-0.3, -0.25) is 10.1 Å². The molecule has 3 N–H and O–H groups in total. The van der Waals surface area contributed by atoms with E-state index in [9.17, 15) is 19.1 Å². The Kier molecular flexibility index (Phi) is 6.10. The van der Waals surface area contributed by atoms with Crippen LogP contribution in [0.4, 0.5) is 9.18 Å². The van der Waals surface area contributed by atoms with Crippen LogP contribution in [0.1, 0.15) is 32.4 Å². The lowest BCUT2D eigenvalue weighted by Crippen LogP contribution is -2.45. The average molecular weight is 298 g/mol. The number of aliphatic hydroxyl groups excluding tert-OH is 1. The molecule has 0 saturated heterocycles. The summed E-state index contributed by atoms with van der Waals surface area (Å²) in [6.45, 7) is 5.01. The van der Waals surface area contributed by atoms with Crippen LogP contribution in [0.2, 0.25) is 0 Å². The number of carbonyl (C=O) groups excluding carboxylic acids is 2. The zero-order chi connectivity index (χ0) is 16.0. The molecule has 1 aromatic rings. The highest BCUT2D eigenvalue weighted by Crippen LogP contribution is 2.26. The smallest absolute Gasteiger partial charge is 0.321 e. The molecular weight excluding hydrogens is 279 g/mol. The Hall–Kier alpha value is -2.15. The molecule has 6 nitrogen and oxygen atoms in total. The van der Waals surface area contributed by atoms with Crippen molar-refractivity contribution in [1.29, 1.82) is 0 Å². The molecule has 1 rings (SSSR count). The second-order valence-corrected chi connectivity index (χ2v) is 4.47. The third-order valence-corrected chi connectivity index (χ3v) is 2.67.